The summed E-state index contributed by atoms with van der Waals surface area (Å²) in [6.45, 7) is 2.80. The van der Waals surface area contributed by atoms with Crippen LogP contribution in [0.1, 0.15) is 23.6 Å². The number of hydrogen-bond donors (Lipinski definition) is 1. The highest BCUT2D eigenvalue weighted by atomic mass is 79.9. The van der Waals surface area contributed by atoms with E-state index >= 15 is 0 Å². The Labute approximate surface area is 275 Å². The Bertz CT molecular complexity index is 1730. The van der Waals surface area contributed by atoms with Crippen LogP contribution in [0.4, 0.5) is 10.5 Å². The van der Waals surface area contributed by atoms with Gasteiger partial charge in [-0.2, -0.15) is 0 Å². The van der Waals surface area contributed by atoms with Crippen molar-refractivity contribution in [3.63, 3.8) is 0 Å². The van der Waals surface area contributed by atoms with Crippen LogP contribution in [0.15, 0.2) is 99.4 Å². The number of benzene rings is 4. The van der Waals surface area contributed by atoms with E-state index in [1.165, 1.54) is 6.08 Å². The van der Waals surface area contributed by atoms with Gasteiger partial charge in [-0.3, -0.25) is 14.9 Å². The Balaban J connectivity index is 1.35. The third-order valence-corrected chi connectivity index (χ3v) is 7.82. The smallest absolute Gasteiger partial charge is 0.335 e. The number of carbonyl (C=O) groups is 3. The third-order valence-electron chi connectivity index (χ3n) is 6.45. The number of ether oxygens (including phenoxy) is 3. The van der Waals surface area contributed by atoms with Crippen molar-refractivity contribution in [1.29, 1.82) is 0 Å². The summed E-state index contributed by atoms with van der Waals surface area (Å²) >= 11 is 12.9. The molecule has 0 aromatic heterocycles. The second kappa shape index (κ2) is 14.1. The van der Waals surface area contributed by atoms with Gasteiger partial charge in [0.1, 0.15) is 24.5 Å². The van der Waals surface area contributed by atoms with Gasteiger partial charge in [0.25, 0.3) is 11.8 Å². The van der Waals surface area contributed by atoms with Crippen LogP contribution in [-0.4, -0.2) is 24.5 Å². The van der Waals surface area contributed by atoms with Crippen LogP contribution in [0.25, 0.3) is 6.08 Å². The molecule has 1 heterocycles. The summed E-state index contributed by atoms with van der Waals surface area (Å²) in [6.07, 6.45) is 1.41. The monoisotopic (exact) mass is 738 g/mol. The fourth-order valence-corrected chi connectivity index (χ4v) is 5.27. The summed E-state index contributed by atoms with van der Waals surface area (Å²) in [5, 5.41) is 2.88. The Morgan fingerprint density at radius 1 is 0.818 bits per heavy atom. The van der Waals surface area contributed by atoms with Gasteiger partial charge in [0, 0.05) is 9.50 Å². The first-order chi connectivity index (χ1) is 21.2. The van der Waals surface area contributed by atoms with Crippen molar-refractivity contribution in [1.82, 2.24) is 5.32 Å². The van der Waals surface area contributed by atoms with Crippen molar-refractivity contribution in [3.8, 4) is 17.2 Å². The van der Waals surface area contributed by atoms with Crippen molar-refractivity contribution in [2.75, 3.05) is 11.5 Å². The number of hydrogen-bond acceptors (Lipinski definition) is 6. The minimum absolute atomic E-state index is 0.218. The minimum atomic E-state index is -0.845. The molecule has 4 amide bonds. The second-order valence-corrected chi connectivity index (χ2v) is 11.8. The van der Waals surface area contributed by atoms with Crippen molar-refractivity contribution < 1.29 is 28.6 Å². The number of carbonyl (C=O) groups excluding carboxylic acids is 3. The highest BCUT2D eigenvalue weighted by Crippen LogP contribution is 2.38. The van der Waals surface area contributed by atoms with Crippen LogP contribution >= 0.6 is 43.5 Å². The van der Waals surface area contributed by atoms with E-state index in [0.717, 1.165) is 20.5 Å². The zero-order valence-corrected chi connectivity index (χ0v) is 27.2. The highest BCUT2D eigenvalue weighted by Gasteiger charge is 2.37. The van der Waals surface area contributed by atoms with Gasteiger partial charge in [0.15, 0.2) is 11.5 Å². The maximum Gasteiger partial charge on any atom is 0.335 e. The molecule has 0 spiro atoms. The van der Waals surface area contributed by atoms with Gasteiger partial charge in [0.05, 0.1) is 16.8 Å². The minimum Gasteiger partial charge on any atom is -0.490 e. The molecule has 0 aliphatic carbocycles. The number of anilines is 1. The quantitative estimate of drug-likeness (QED) is 0.131. The lowest BCUT2D eigenvalue weighted by atomic mass is 10.1. The van der Waals surface area contributed by atoms with Gasteiger partial charge in [-0.25, -0.2) is 9.69 Å². The molecule has 0 atom stereocenters. The van der Waals surface area contributed by atoms with Crippen LogP contribution < -0.4 is 24.4 Å². The van der Waals surface area contributed by atoms with Crippen molar-refractivity contribution in [3.05, 3.63) is 121 Å². The molecule has 0 unspecified atom stereocenters. The predicted molar refractivity (Wildman–Crippen MR) is 175 cm³/mol. The number of halogens is 3. The molecule has 8 nitrogen and oxygen atoms in total. The fourth-order valence-electron chi connectivity index (χ4n) is 4.31. The summed E-state index contributed by atoms with van der Waals surface area (Å²) in [5.41, 5.74) is 2.45. The summed E-state index contributed by atoms with van der Waals surface area (Å²) in [6, 6.07) is 24.0. The summed E-state index contributed by atoms with van der Waals surface area (Å²) < 4.78 is 19.2. The maximum atomic E-state index is 13.5. The Hall–Kier alpha value is -4.12. The lowest BCUT2D eigenvalue weighted by Crippen LogP contribution is -2.54. The normalized spacial score (nSPS) is 14.0. The van der Waals surface area contributed by atoms with Gasteiger partial charge in [-0.1, -0.05) is 51.8 Å². The van der Waals surface area contributed by atoms with Crippen LogP contribution in [-0.2, 0) is 22.8 Å². The molecule has 1 aliphatic heterocycles. The van der Waals surface area contributed by atoms with E-state index in [9.17, 15) is 14.4 Å². The summed E-state index contributed by atoms with van der Waals surface area (Å²) in [5.74, 6) is -0.136. The number of nitrogens with one attached hydrogen (secondary N) is 1. The van der Waals surface area contributed by atoms with Crippen LogP contribution in [0.3, 0.4) is 0 Å². The van der Waals surface area contributed by atoms with E-state index in [2.05, 4.69) is 37.2 Å². The lowest BCUT2D eigenvalue weighted by Gasteiger charge is -2.26. The van der Waals surface area contributed by atoms with Gasteiger partial charge < -0.3 is 14.2 Å². The summed E-state index contributed by atoms with van der Waals surface area (Å²) in [7, 11) is 0. The van der Waals surface area contributed by atoms with E-state index in [0.29, 0.717) is 45.5 Å². The van der Waals surface area contributed by atoms with Crippen LogP contribution in [0, 0.1) is 0 Å². The van der Waals surface area contributed by atoms with E-state index in [-0.39, 0.29) is 17.9 Å². The zero-order valence-electron chi connectivity index (χ0n) is 23.3. The van der Waals surface area contributed by atoms with E-state index < -0.39 is 17.8 Å². The number of barbiturate groups is 1. The Morgan fingerprint density at radius 3 is 2.11 bits per heavy atom. The maximum absolute atomic E-state index is 13.5. The number of amides is 4. The average molecular weight is 741 g/mol. The van der Waals surface area contributed by atoms with Gasteiger partial charge in [0.2, 0.25) is 0 Å². The molecular weight excluding hydrogens is 716 g/mol. The van der Waals surface area contributed by atoms with Crippen molar-refractivity contribution in [2.24, 2.45) is 0 Å². The first kappa shape index (κ1) is 31.3. The molecule has 1 aliphatic rings. The predicted octanol–water partition coefficient (Wildman–Crippen LogP) is 8.09. The van der Waals surface area contributed by atoms with Gasteiger partial charge in [-0.05, 0) is 106 Å². The molecule has 1 saturated heterocycles. The summed E-state index contributed by atoms with van der Waals surface area (Å²) in [4.78, 5) is 39.9. The van der Waals surface area contributed by atoms with E-state index in [1.54, 1.807) is 48.5 Å². The molecule has 224 valence electrons. The van der Waals surface area contributed by atoms with Crippen LogP contribution in [0.5, 0.6) is 17.2 Å². The number of nitrogens with zero attached hydrogens (tertiary/aromatic N) is 1. The SMILES string of the molecule is CCOc1cc(/C=C2\C(=O)NC(=O)N(c3ccc(OCc4ccc(Br)cc4)cc3)C2=O)cc(Br)c1OCc1ccc(Cl)cc1. The molecule has 5 rings (SSSR count). The highest BCUT2D eigenvalue weighted by molar-refractivity contribution is 9.10. The number of imide groups is 2. The van der Waals surface area contributed by atoms with E-state index in [1.807, 2.05) is 43.3 Å². The zero-order chi connectivity index (χ0) is 31.2. The van der Waals surface area contributed by atoms with Crippen LogP contribution in [0.2, 0.25) is 5.02 Å². The largest absolute Gasteiger partial charge is 0.490 e. The van der Waals surface area contributed by atoms with Crippen molar-refractivity contribution in [2.45, 2.75) is 20.1 Å². The standard InChI is InChI=1S/C33H25Br2ClN2O6/c1-2-42-29-17-22(16-28(35)30(29)44-19-21-5-9-24(36)10-6-21)15-27-31(39)37-33(41)38(32(27)40)25-11-13-26(14-12-25)43-18-20-3-7-23(34)8-4-20/h3-17H,2,18-19H2,1H3,(H,37,39,41)/b27-15+. The Morgan fingerprint density at radius 2 is 1.45 bits per heavy atom. The molecular formula is C33H25Br2ClN2O6. The average Bonchev–Trinajstić information content (AvgIpc) is 3.00. The number of rotatable bonds is 10. The lowest BCUT2D eigenvalue weighted by molar-refractivity contribution is -0.122. The van der Waals surface area contributed by atoms with E-state index in [4.69, 9.17) is 25.8 Å². The molecule has 4 aromatic carbocycles. The third kappa shape index (κ3) is 7.50. The molecule has 44 heavy (non-hydrogen) atoms. The second-order valence-electron chi connectivity index (χ2n) is 9.55. The molecule has 1 fully saturated rings. The first-order valence-corrected chi connectivity index (χ1v) is 15.4. The molecule has 0 bridgehead atoms. The topological polar surface area (TPSA) is 94.2 Å². The van der Waals surface area contributed by atoms with Crippen molar-refractivity contribution >= 4 is 73.1 Å². The van der Waals surface area contributed by atoms with Gasteiger partial charge in [-0.15, -0.1) is 0 Å². The van der Waals surface area contributed by atoms with Gasteiger partial charge >= 0.3 is 6.03 Å². The molecule has 11 heteroatoms. The molecule has 4 aromatic rings. The molecule has 1 N–H and O–H groups in total. The Kier molecular flexibility index (Phi) is 10.0. The fraction of sp³-hybridized carbons (Fsp3) is 0.121. The molecule has 0 radical (unpaired) electrons. The molecule has 0 saturated carbocycles. The number of urea groups is 1. The first-order valence-electron chi connectivity index (χ1n) is 13.4.